The van der Waals surface area contributed by atoms with Crippen molar-refractivity contribution in [2.24, 2.45) is 0 Å². The van der Waals surface area contributed by atoms with E-state index in [9.17, 15) is 18.3 Å². The van der Waals surface area contributed by atoms with Gasteiger partial charge in [-0.25, -0.2) is 8.42 Å². The van der Waals surface area contributed by atoms with Gasteiger partial charge in [0.1, 0.15) is 0 Å². The maximum Gasteiger partial charge on any atom is 0.243 e. The number of fused-ring (bicyclic) bond motifs is 1. The van der Waals surface area contributed by atoms with Gasteiger partial charge in [-0.15, -0.1) is 0 Å². The molecule has 35 heavy (non-hydrogen) atoms. The smallest absolute Gasteiger partial charge is 0.243 e. The predicted octanol–water partition coefficient (Wildman–Crippen LogP) is 1.28. The minimum atomic E-state index is -3.93. The minimum absolute atomic E-state index is 0.0971. The van der Waals surface area contributed by atoms with Crippen molar-refractivity contribution in [2.75, 3.05) is 57.9 Å². The van der Waals surface area contributed by atoms with Crippen molar-refractivity contribution in [3.63, 3.8) is 0 Å². The molecule has 2 aliphatic rings. The van der Waals surface area contributed by atoms with Gasteiger partial charge in [0.15, 0.2) is 0 Å². The van der Waals surface area contributed by atoms with E-state index < -0.39 is 16.1 Å². The molecule has 1 atom stereocenters. The number of benzene rings is 1. The van der Waals surface area contributed by atoms with Crippen molar-refractivity contribution in [3.05, 3.63) is 42.6 Å². The first-order chi connectivity index (χ1) is 16.8. The predicted molar refractivity (Wildman–Crippen MR) is 132 cm³/mol. The summed E-state index contributed by atoms with van der Waals surface area (Å²) < 4.78 is 33.3. The van der Waals surface area contributed by atoms with E-state index in [1.54, 1.807) is 29.3 Å². The Morgan fingerprint density at radius 2 is 2.03 bits per heavy atom. The van der Waals surface area contributed by atoms with Crippen LogP contribution in [0.4, 0.5) is 5.69 Å². The second-order valence-corrected chi connectivity index (χ2v) is 11.0. The van der Waals surface area contributed by atoms with Gasteiger partial charge < -0.3 is 24.6 Å². The van der Waals surface area contributed by atoms with Gasteiger partial charge in [-0.05, 0) is 42.8 Å². The molecular weight excluding hydrogens is 470 g/mol. The van der Waals surface area contributed by atoms with Crippen LogP contribution in [0.1, 0.15) is 6.42 Å². The fourth-order valence-corrected chi connectivity index (χ4v) is 5.74. The number of nitrogens with one attached hydrogen (secondary N) is 1. The molecule has 1 amide bonds. The summed E-state index contributed by atoms with van der Waals surface area (Å²) in [6.45, 7) is 2.74. The Labute approximate surface area is 204 Å². The molecule has 186 valence electrons. The molecule has 0 spiro atoms. The maximum atomic E-state index is 13.4. The zero-order chi connectivity index (χ0) is 24.6. The normalized spacial score (nSPS) is 19.1. The van der Waals surface area contributed by atoms with Crippen LogP contribution >= 0.6 is 0 Å². The number of hydrogen-bond donors (Lipinski definition) is 2. The topological polar surface area (TPSA) is 119 Å². The largest absolute Gasteiger partial charge is 0.391 e. The van der Waals surface area contributed by atoms with Crippen LogP contribution in [0.3, 0.4) is 0 Å². The third kappa shape index (κ3) is 4.76. The molecule has 10 nitrogen and oxygen atoms in total. The Bertz CT molecular complexity index is 1300. The van der Waals surface area contributed by atoms with Crippen LogP contribution in [0.25, 0.3) is 22.3 Å². The Balaban J connectivity index is 1.49. The summed E-state index contributed by atoms with van der Waals surface area (Å²) >= 11 is 0. The molecule has 3 aromatic rings. The SMILES string of the molecule is CN(CC(=O)N1CCOCC1)S(=O)(=O)c1ccc(N2CC[C@H](O)C2)c(-c2cc3ncccc3[nH]2)c1. The van der Waals surface area contributed by atoms with E-state index in [0.29, 0.717) is 51.4 Å². The summed E-state index contributed by atoms with van der Waals surface area (Å²) in [7, 11) is -2.51. The molecule has 2 fully saturated rings. The summed E-state index contributed by atoms with van der Waals surface area (Å²) in [4.78, 5) is 24.2. The molecular formula is C24H29N5O5S. The molecule has 0 radical (unpaired) electrons. The summed E-state index contributed by atoms with van der Waals surface area (Å²) in [6, 6.07) is 10.6. The fraction of sp³-hybridized carbons (Fsp3) is 0.417. The second-order valence-electron chi connectivity index (χ2n) is 8.94. The highest BCUT2D eigenvalue weighted by molar-refractivity contribution is 7.89. The lowest BCUT2D eigenvalue weighted by Gasteiger charge is -2.28. The summed E-state index contributed by atoms with van der Waals surface area (Å²) in [5.41, 5.74) is 3.89. The standard InChI is InChI=1S/C24H29N5O5S/c1-27(16-24(31)28-9-11-34-12-10-28)35(32,33)18-4-5-23(29-8-6-17(30)15-29)19(13-18)21-14-22-20(26-21)3-2-7-25-22/h2-5,7,13-14,17,26,30H,6,8-12,15-16H2,1H3/t17-/m0/s1. The summed E-state index contributed by atoms with van der Waals surface area (Å²) in [5.74, 6) is -0.246. The number of carbonyl (C=O) groups excluding carboxylic acids is 1. The number of aliphatic hydroxyl groups is 1. The lowest BCUT2D eigenvalue weighted by molar-refractivity contribution is -0.135. The Hall–Kier alpha value is -2.99. The van der Waals surface area contributed by atoms with Gasteiger partial charge in [0, 0.05) is 50.7 Å². The molecule has 0 unspecified atom stereocenters. The van der Waals surface area contributed by atoms with Gasteiger partial charge in [0.25, 0.3) is 0 Å². The highest BCUT2D eigenvalue weighted by Crippen LogP contribution is 2.36. The van der Waals surface area contributed by atoms with Crippen LogP contribution in [-0.4, -0.2) is 97.7 Å². The number of hydrogen-bond acceptors (Lipinski definition) is 7. The van der Waals surface area contributed by atoms with Gasteiger partial charge in [-0.2, -0.15) is 4.31 Å². The molecule has 5 rings (SSSR count). The lowest BCUT2D eigenvalue weighted by Crippen LogP contribution is -2.46. The number of β-amino-alcohol motifs (C(OH)–C–C–N with tert-alkyl or cyclic N) is 1. The molecule has 11 heteroatoms. The van der Waals surface area contributed by atoms with E-state index in [-0.39, 0.29) is 17.3 Å². The third-order valence-corrected chi connectivity index (χ3v) is 8.38. The number of aromatic amines is 1. The first kappa shape index (κ1) is 23.7. The molecule has 2 aliphatic heterocycles. The average Bonchev–Trinajstić information content (AvgIpc) is 3.50. The van der Waals surface area contributed by atoms with Crippen LogP contribution in [0, 0.1) is 0 Å². The summed E-state index contributed by atoms with van der Waals surface area (Å²) in [6.07, 6.45) is 1.94. The van der Waals surface area contributed by atoms with E-state index in [4.69, 9.17) is 4.74 Å². The summed E-state index contributed by atoms with van der Waals surface area (Å²) in [5, 5.41) is 10.1. The molecule has 2 N–H and O–H groups in total. The van der Waals surface area contributed by atoms with E-state index in [1.807, 2.05) is 18.2 Å². The number of aliphatic hydroxyl groups excluding tert-OH is 1. The first-order valence-electron chi connectivity index (χ1n) is 11.7. The van der Waals surface area contributed by atoms with Gasteiger partial charge in [-0.3, -0.25) is 9.78 Å². The molecule has 1 aromatic carbocycles. The second kappa shape index (κ2) is 9.57. The molecule has 4 heterocycles. The number of ether oxygens (including phenoxy) is 1. The molecule has 0 aliphatic carbocycles. The number of morpholine rings is 1. The van der Waals surface area contributed by atoms with E-state index in [2.05, 4.69) is 14.9 Å². The Kier molecular flexibility index (Phi) is 6.49. The van der Waals surface area contributed by atoms with Gasteiger partial charge >= 0.3 is 0 Å². The molecule has 2 aromatic heterocycles. The lowest BCUT2D eigenvalue weighted by atomic mass is 10.1. The number of likely N-dealkylation sites (N-methyl/N-ethyl adjacent to an activating group) is 1. The average molecular weight is 500 g/mol. The van der Waals surface area contributed by atoms with Crippen molar-refractivity contribution in [2.45, 2.75) is 17.4 Å². The number of nitrogens with zero attached hydrogens (tertiary/aromatic N) is 4. The van der Waals surface area contributed by atoms with Crippen molar-refractivity contribution in [1.82, 2.24) is 19.2 Å². The highest BCUT2D eigenvalue weighted by Gasteiger charge is 2.29. The number of pyridine rings is 1. The Morgan fingerprint density at radius 1 is 1.23 bits per heavy atom. The molecule has 0 saturated carbocycles. The maximum absolute atomic E-state index is 13.4. The van der Waals surface area contributed by atoms with Crippen LogP contribution in [0.2, 0.25) is 0 Å². The fourth-order valence-electron chi connectivity index (χ4n) is 4.60. The highest BCUT2D eigenvalue weighted by atomic mass is 32.2. The number of sulfonamides is 1. The third-order valence-electron chi connectivity index (χ3n) is 6.58. The number of aromatic nitrogens is 2. The number of amides is 1. The quantitative estimate of drug-likeness (QED) is 0.524. The zero-order valence-corrected chi connectivity index (χ0v) is 20.4. The van der Waals surface area contributed by atoms with Crippen molar-refractivity contribution in [3.8, 4) is 11.3 Å². The van der Waals surface area contributed by atoms with E-state index in [0.717, 1.165) is 26.7 Å². The molecule has 0 bridgehead atoms. The first-order valence-corrected chi connectivity index (χ1v) is 13.1. The Morgan fingerprint density at radius 3 is 2.74 bits per heavy atom. The monoisotopic (exact) mass is 499 g/mol. The van der Waals surface area contributed by atoms with Gasteiger partial charge in [0.2, 0.25) is 15.9 Å². The number of carbonyl (C=O) groups is 1. The number of H-pyrrole nitrogens is 1. The zero-order valence-electron chi connectivity index (χ0n) is 19.6. The van der Waals surface area contributed by atoms with Crippen LogP contribution in [-0.2, 0) is 19.6 Å². The minimum Gasteiger partial charge on any atom is -0.391 e. The van der Waals surface area contributed by atoms with Gasteiger partial charge in [-0.1, -0.05) is 0 Å². The number of anilines is 1. The van der Waals surface area contributed by atoms with E-state index in [1.165, 1.54) is 7.05 Å². The van der Waals surface area contributed by atoms with Crippen LogP contribution < -0.4 is 4.90 Å². The van der Waals surface area contributed by atoms with Gasteiger partial charge in [0.05, 0.1) is 47.5 Å². The molecule has 2 saturated heterocycles. The van der Waals surface area contributed by atoms with Crippen molar-refractivity contribution < 1.29 is 23.1 Å². The van der Waals surface area contributed by atoms with Crippen molar-refractivity contribution >= 4 is 32.7 Å². The van der Waals surface area contributed by atoms with Crippen LogP contribution in [0.5, 0.6) is 0 Å². The van der Waals surface area contributed by atoms with E-state index >= 15 is 0 Å². The van der Waals surface area contributed by atoms with Crippen molar-refractivity contribution in [1.29, 1.82) is 0 Å². The van der Waals surface area contributed by atoms with Crippen LogP contribution in [0.15, 0.2) is 47.5 Å². The number of rotatable bonds is 6.